The summed E-state index contributed by atoms with van der Waals surface area (Å²) in [6.45, 7) is 13.1. The largest absolute Gasteiger partial charge is 0.295 e. The second-order valence-corrected chi connectivity index (χ2v) is 8.93. The molecule has 0 aliphatic heterocycles. The Morgan fingerprint density at radius 1 is 1.04 bits per heavy atom. The van der Waals surface area contributed by atoms with E-state index in [9.17, 15) is 4.79 Å². The van der Waals surface area contributed by atoms with Gasteiger partial charge in [0.05, 0.1) is 0 Å². The average molecular weight is 329 g/mol. The number of ketones is 1. The molecule has 1 heteroatoms. The minimum Gasteiger partial charge on any atom is -0.295 e. The van der Waals surface area contributed by atoms with Crippen LogP contribution >= 0.6 is 0 Å². The number of hydrogen-bond acceptors (Lipinski definition) is 1. The van der Waals surface area contributed by atoms with Gasteiger partial charge in [0.15, 0.2) is 5.78 Å². The maximum atomic E-state index is 11.8. The Kier molecular flexibility index (Phi) is 4.84. The van der Waals surface area contributed by atoms with Gasteiger partial charge in [0.2, 0.25) is 0 Å². The second kappa shape index (κ2) is 6.46. The molecule has 0 saturated heterocycles. The number of fused-ring (bicyclic) bond motifs is 5. The molecule has 0 bridgehead atoms. The molecular formula is C23H36O. The molecule has 0 N–H and O–H groups in total. The lowest BCUT2D eigenvalue weighted by molar-refractivity contribution is -0.117. The van der Waals surface area contributed by atoms with E-state index >= 15 is 0 Å². The van der Waals surface area contributed by atoms with Crippen molar-refractivity contribution in [2.45, 2.75) is 79.1 Å². The first-order chi connectivity index (χ1) is 11.5. The van der Waals surface area contributed by atoms with Gasteiger partial charge in [-0.05, 0) is 85.5 Å². The van der Waals surface area contributed by atoms with E-state index in [4.69, 9.17) is 0 Å². The summed E-state index contributed by atoms with van der Waals surface area (Å²) >= 11 is 0. The predicted molar refractivity (Wildman–Crippen MR) is 102 cm³/mol. The zero-order valence-electron chi connectivity index (χ0n) is 16.2. The molecular weight excluding hydrogens is 292 g/mol. The Hall–Kier alpha value is -0.850. The van der Waals surface area contributed by atoms with Crippen LogP contribution in [0, 0.1) is 34.5 Å². The summed E-state index contributed by atoms with van der Waals surface area (Å²) in [6.07, 6.45) is 14.1. The van der Waals surface area contributed by atoms with Gasteiger partial charge in [0, 0.05) is 6.42 Å². The van der Waals surface area contributed by atoms with Crippen molar-refractivity contribution in [3.05, 3.63) is 24.3 Å². The second-order valence-electron chi connectivity index (χ2n) is 8.93. The third-order valence-corrected chi connectivity index (χ3v) is 8.32. The Bertz CT molecular complexity index is 544. The van der Waals surface area contributed by atoms with Crippen LogP contribution in [-0.4, -0.2) is 5.78 Å². The highest BCUT2D eigenvalue weighted by atomic mass is 16.1. The molecule has 0 aromatic rings. The monoisotopic (exact) mass is 328 g/mol. The fraction of sp³-hybridized carbons (Fsp3) is 0.783. The van der Waals surface area contributed by atoms with Crippen molar-refractivity contribution in [1.82, 2.24) is 0 Å². The average Bonchev–Trinajstić information content (AvgIpc) is 2.93. The molecule has 4 rings (SSSR count). The molecule has 0 aromatic heterocycles. The fourth-order valence-electron chi connectivity index (χ4n) is 6.99. The molecule has 3 fully saturated rings. The van der Waals surface area contributed by atoms with E-state index in [1.165, 1.54) is 44.1 Å². The standard InChI is InChI=1S/C21H30O.C2H6/c1-4-14-6-8-18-17-7-5-15-13-16(22)9-11-21(15,3)19(17)10-12-20(14,18)2;1-2/h4,13-14,17-19H,1,5-12H2,2-3H3;1-2H3/t14-,17?,18?,19?,20+,21-;/m0./s1. The fourth-order valence-corrected chi connectivity index (χ4v) is 6.99. The molecule has 3 saturated carbocycles. The van der Waals surface area contributed by atoms with E-state index in [0.717, 1.165) is 36.5 Å². The van der Waals surface area contributed by atoms with Gasteiger partial charge in [-0.2, -0.15) is 0 Å². The van der Waals surface area contributed by atoms with Crippen molar-refractivity contribution in [1.29, 1.82) is 0 Å². The first-order valence-electron chi connectivity index (χ1n) is 10.4. The number of carbonyl (C=O) groups is 1. The first kappa shape index (κ1) is 18.0. The topological polar surface area (TPSA) is 17.1 Å². The van der Waals surface area contributed by atoms with Crippen LogP contribution in [0.1, 0.15) is 79.1 Å². The molecule has 134 valence electrons. The van der Waals surface area contributed by atoms with E-state index in [2.05, 4.69) is 26.5 Å². The molecule has 3 unspecified atom stereocenters. The molecule has 0 heterocycles. The highest BCUT2D eigenvalue weighted by molar-refractivity contribution is 5.91. The minimum atomic E-state index is 0.324. The van der Waals surface area contributed by atoms with Gasteiger partial charge >= 0.3 is 0 Å². The van der Waals surface area contributed by atoms with Crippen molar-refractivity contribution in [3.63, 3.8) is 0 Å². The SMILES string of the molecule is C=C[C@H]1CCC2C3CCC4=CC(=O)CC[C@]4(C)C3CC[C@@]21C.CC. The van der Waals surface area contributed by atoms with E-state index in [1.807, 2.05) is 19.9 Å². The van der Waals surface area contributed by atoms with E-state index in [1.54, 1.807) is 0 Å². The third kappa shape index (κ3) is 2.45. The minimum absolute atomic E-state index is 0.324. The van der Waals surface area contributed by atoms with Gasteiger partial charge in [-0.25, -0.2) is 0 Å². The van der Waals surface area contributed by atoms with Crippen molar-refractivity contribution < 1.29 is 4.79 Å². The summed E-state index contributed by atoms with van der Waals surface area (Å²) in [5.41, 5.74) is 2.32. The molecule has 6 atom stereocenters. The molecule has 0 aromatic carbocycles. The molecule has 24 heavy (non-hydrogen) atoms. The van der Waals surface area contributed by atoms with Crippen LogP contribution in [-0.2, 0) is 4.79 Å². The summed E-state index contributed by atoms with van der Waals surface area (Å²) in [5, 5.41) is 0. The van der Waals surface area contributed by atoms with Gasteiger partial charge < -0.3 is 0 Å². The summed E-state index contributed by atoms with van der Waals surface area (Å²) in [6, 6.07) is 0. The molecule has 0 radical (unpaired) electrons. The van der Waals surface area contributed by atoms with Gasteiger partial charge in [-0.3, -0.25) is 4.79 Å². The quantitative estimate of drug-likeness (QED) is 0.513. The van der Waals surface area contributed by atoms with Gasteiger partial charge in [0.25, 0.3) is 0 Å². The van der Waals surface area contributed by atoms with Crippen LogP contribution < -0.4 is 0 Å². The maximum Gasteiger partial charge on any atom is 0.155 e. The van der Waals surface area contributed by atoms with E-state index in [0.29, 0.717) is 16.6 Å². The number of carbonyl (C=O) groups excluding carboxylic acids is 1. The van der Waals surface area contributed by atoms with Gasteiger partial charge in [0.1, 0.15) is 0 Å². The lowest BCUT2D eigenvalue weighted by atomic mass is 9.47. The number of rotatable bonds is 1. The Morgan fingerprint density at radius 2 is 1.79 bits per heavy atom. The lowest BCUT2D eigenvalue weighted by Gasteiger charge is -2.58. The number of hydrogen-bond donors (Lipinski definition) is 0. The Morgan fingerprint density at radius 3 is 2.50 bits per heavy atom. The summed E-state index contributed by atoms with van der Waals surface area (Å²) in [4.78, 5) is 11.8. The lowest BCUT2D eigenvalue weighted by Crippen LogP contribution is -2.50. The van der Waals surface area contributed by atoms with Crippen LogP contribution in [0.4, 0.5) is 0 Å². The maximum absolute atomic E-state index is 11.8. The van der Waals surface area contributed by atoms with Crippen LogP contribution in [0.15, 0.2) is 24.3 Å². The third-order valence-electron chi connectivity index (χ3n) is 8.32. The van der Waals surface area contributed by atoms with Crippen molar-refractivity contribution in [2.24, 2.45) is 34.5 Å². The van der Waals surface area contributed by atoms with Crippen LogP contribution in [0.3, 0.4) is 0 Å². The van der Waals surface area contributed by atoms with Crippen LogP contribution in [0.25, 0.3) is 0 Å². The predicted octanol–water partition coefficient (Wildman–Crippen LogP) is 6.35. The van der Waals surface area contributed by atoms with Crippen LogP contribution in [0.2, 0.25) is 0 Å². The Labute approximate surface area is 149 Å². The highest BCUT2D eigenvalue weighted by Gasteiger charge is 2.58. The first-order valence-corrected chi connectivity index (χ1v) is 10.4. The number of allylic oxidation sites excluding steroid dienone is 2. The molecule has 1 nitrogen and oxygen atoms in total. The summed E-state index contributed by atoms with van der Waals surface area (Å²) in [5.74, 6) is 3.71. The molecule has 4 aliphatic rings. The molecule has 0 amide bonds. The molecule has 4 aliphatic carbocycles. The van der Waals surface area contributed by atoms with Crippen LogP contribution in [0.5, 0.6) is 0 Å². The van der Waals surface area contributed by atoms with Crippen molar-refractivity contribution in [2.75, 3.05) is 0 Å². The Balaban J connectivity index is 0.000000815. The smallest absolute Gasteiger partial charge is 0.155 e. The summed E-state index contributed by atoms with van der Waals surface area (Å²) in [7, 11) is 0. The van der Waals surface area contributed by atoms with E-state index in [-0.39, 0.29) is 0 Å². The zero-order valence-corrected chi connectivity index (χ0v) is 16.2. The summed E-state index contributed by atoms with van der Waals surface area (Å²) < 4.78 is 0. The van der Waals surface area contributed by atoms with Gasteiger partial charge in [-0.15, -0.1) is 6.58 Å². The zero-order chi connectivity index (χ0) is 17.5. The highest BCUT2D eigenvalue weighted by Crippen LogP contribution is 2.66. The van der Waals surface area contributed by atoms with Crippen molar-refractivity contribution >= 4 is 5.78 Å². The van der Waals surface area contributed by atoms with Crippen molar-refractivity contribution in [3.8, 4) is 0 Å². The van der Waals surface area contributed by atoms with E-state index < -0.39 is 0 Å². The normalized spacial score (nSPS) is 46.7. The molecule has 0 spiro atoms. The van der Waals surface area contributed by atoms with Gasteiger partial charge in [-0.1, -0.05) is 39.3 Å².